The van der Waals surface area contributed by atoms with Gasteiger partial charge < -0.3 is 9.88 Å². The van der Waals surface area contributed by atoms with Crippen LogP contribution in [0.3, 0.4) is 0 Å². The number of hydrogen-bond acceptors (Lipinski definition) is 3. The summed E-state index contributed by atoms with van der Waals surface area (Å²) >= 11 is 1.28. The third-order valence-corrected chi connectivity index (χ3v) is 3.52. The smallest absolute Gasteiger partial charge is 0.307 e. The quantitative estimate of drug-likeness (QED) is 0.819. The molecule has 1 N–H and O–H groups in total. The van der Waals surface area contributed by atoms with E-state index in [0.29, 0.717) is 0 Å². The number of hydrogen-bond donors (Lipinski definition) is 1. The van der Waals surface area contributed by atoms with Gasteiger partial charge in [-0.3, -0.25) is 4.79 Å². The van der Waals surface area contributed by atoms with E-state index in [4.69, 9.17) is 0 Å². The van der Waals surface area contributed by atoms with Crippen molar-refractivity contribution in [3.63, 3.8) is 0 Å². The standard InChI is InChI=1S/C10H16N2OS/c13-10-12(6-7-14-10)5-3-9-2-1-4-11-8-9/h6-7,9,11H,1-5,8H2. The predicted molar refractivity (Wildman–Crippen MR) is 58.8 cm³/mol. The van der Waals surface area contributed by atoms with E-state index in [1.54, 1.807) is 0 Å². The van der Waals surface area contributed by atoms with Crippen molar-refractivity contribution in [3.8, 4) is 0 Å². The van der Waals surface area contributed by atoms with Crippen LogP contribution in [0.4, 0.5) is 0 Å². The number of nitrogens with one attached hydrogen (secondary N) is 1. The van der Waals surface area contributed by atoms with Gasteiger partial charge in [0.05, 0.1) is 0 Å². The van der Waals surface area contributed by atoms with Gasteiger partial charge in [-0.1, -0.05) is 11.3 Å². The Morgan fingerprint density at radius 1 is 1.64 bits per heavy atom. The Labute approximate surface area is 87.8 Å². The zero-order chi connectivity index (χ0) is 9.80. The molecule has 78 valence electrons. The second-order valence-corrected chi connectivity index (χ2v) is 4.72. The summed E-state index contributed by atoms with van der Waals surface area (Å²) in [5.41, 5.74) is 0. The van der Waals surface area contributed by atoms with Crippen LogP contribution >= 0.6 is 11.3 Å². The molecule has 1 aromatic heterocycles. The van der Waals surface area contributed by atoms with Crippen LogP contribution < -0.4 is 10.2 Å². The van der Waals surface area contributed by atoms with Gasteiger partial charge in [0.15, 0.2) is 0 Å². The van der Waals surface area contributed by atoms with Crippen molar-refractivity contribution in [1.82, 2.24) is 9.88 Å². The maximum atomic E-state index is 11.3. The molecule has 0 radical (unpaired) electrons. The van der Waals surface area contributed by atoms with Crippen molar-refractivity contribution in [2.75, 3.05) is 13.1 Å². The topological polar surface area (TPSA) is 34.0 Å². The molecule has 3 nitrogen and oxygen atoms in total. The van der Waals surface area contributed by atoms with Crippen molar-refractivity contribution >= 4 is 11.3 Å². The highest BCUT2D eigenvalue weighted by Crippen LogP contribution is 2.14. The van der Waals surface area contributed by atoms with E-state index in [-0.39, 0.29) is 4.87 Å². The van der Waals surface area contributed by atoms with Crippen LogP contribution in [0.25, 0.3) is 0 Å². The lowest BCUT2D eigenvalue weighted by Gasteiger charge is -2.22. The van der Waals surface area contributed by atoms with Crippen molar-refractivity contribution in [1.29, 1.82) is 0 Å². The Morgan fingerprint density at radius 3 is 3.21 bits per heavy atom. The van der Waals surface area contributed by atoms with Crippen molar-refractivity contribution in [2.45, 2.75) is 25.8 Å². The predicted octanol–water partition coefficient (Wildman–Crippen LogP) is 1.30. The molecule has 0 aliphatic carbocycles. The Morgan fingerprint density at radius 2 is 2.57 bits per heavy atom. The molecular formula is C10H16N2OS. The molecule has 0 aromatic carbocycles. The molecule has 0 spiro atoms. The zero-order valence-corrected chi connectivity index (χ0v) is 9.05. The molecule has 1 saturated heterocycles. The molecule has 1 atom stereocenters. The third-order valence-electron chi connectivity index (χ3n) is 2.82. The Kier molecular flexibility index (Phi) is 3.37. The number of thiazole rings is 1. The average Bonchev–Trinajstić information content (AvgIpc) is 2.63. The second kappa shape index (κ2) is 4.75. The van der Waals surface area contributed by atoms with Crippen LogP contribution in [-0.4, -0.2) is 17.7 Å². The van der Waals surface area contributed by atoms with Crippen LogP contribution in [-0.2, 0) is 6.54 Å². The zero-order valence-electron chi connectivity index (χ0n) is 8.24. The molecule has 1 fully saturated rings. The van der Waals surface area contributed by atoms with Crippen molar-refractivity contribution in [3.05, 3.63) is 21.2 Å². The highest BCUT2D eigenvalue weighted by molar-refractivity contribution is 7.07. The minimum atomic E-state index is 0.175. The third kappa shape index (κ3) is 2.45. The monoisotopic (exact) mass is 212 g/mol. The van der Waals surface area contributed by atoms with Gasteiger partial charge in [-0.15, -0.1) is 0 Å². The maximum absolute atomic E-state index is 11.3. The van der Waals surface area contributed by atoms with Crippen LogP contribution in [0.5, 0.6) is 0 Å². The van der Waals surface area contributed by atoms with E-state index < -0.39 is 0 Å². The second-order valence-electron chi connectivity index (χ2n) is 3.86. The van der Waals surface area contributed by atoms with Gasteiger partial charge in [0.25, 0.3) is 0 Å². The first-order chi connectivity index (χ1) is 6.86. The lowest BCUT2D eigenvalue weighted by Crippen LogP contribution is -2.30. The lowest BCUT2D eigenvalue weighted by atomic mass is 9.96. The molecule has 1 aliphatic rings. The molecular weight excluding hydrogens is 196 g/mol. The molecule has 14 heavy (non-hydrogen) atoms. The van der Waals surface area contributed by atoms with E-state index in [9.17, 15) is 4.79 Å². The summed E-state index contributed by atoms with van der Waals surface area (Å²) in [7, 11) is 0. The van der Waals surface area contributed by atoms with Crippen LogP contribution in [0.1, 0.15) is 19.3 Å². The molecule has 2 rings (SSSR count). The molecule has 0 bridgehead atoms. The molecule has 1 unspecified atom stereocenters. The summed E-state index contributed by atoms with van der Waals surface area (Å²) in [6, 6.07) is 0. The first kappa shape index (κ1) is 9.93. The summed E-state index contributed by atoms with van der Waals surface area (Å²) in [5, 5.41) is 5.26. The van der Waals surface area contributed by atoms with Gasteiger partial charge in [0.1, 0.15) is 0 Å². The van der Waals surface area contributed by atoms with Gasteiger partial charge in [-0.05, 0) is 38.3 Å². The minimum absolute atomic E-state index is 0.175. The summed E-state index contributed by atoms with van der Waals surface area (Å²) in [4.78, 5) is 11.4. The summed E-state index contributed by atoms with van der Waals surface area (Å²) in [6.07, 6.45) is 5.61. The molecule has 0 saturated carbocycles. The molecule has 2 heterocycles. The van der Waals surface area contributed by atoms with Gasteiger partial charge >= 0.3 is 4.87 Å². The Hall–Kier alpha value is -0.610. The van der Waals surface area contributed by atoms with Gasteiger partial charge in [0.2, 0.25) is 0 Å². The molecule has 4 heteroatoms. The van der Waals surface area contributed by atoms with Gasteiger partial charge in [0, 0.05) is 18.1 Å². The normalized spacial score (nSPS) is 22.4. The minimum Gasteiger partial charge on any atom is -0.316 e. The highest BCUT2D eigenvalue weighted by Gasteiger charge is 2.12. The highest BCUT2D eigenvalue weighted by atomic mass is 32.1. The number of aryl methyl sites for hydroxylation is 1. The number of aromatic nitrogens is 1. The molecule has 1 aliphatic heterocycles. The summed E-state index contributed by atoms with van der Waals surface area (Å²) in [5.74, 6) is 0.760. The summed E-state index contributed by atoms with van der Waals surface area (Å²) in [6.45, 7) is 3.17. The fraction of sp³-hybridized carbons (Fsp3) is 0.700. The van der Waals surface area contributed by atoms with Crippen LogP contribution in [0.2, 0.25) is 0 Å². The Bertz CT molecular complexity index is 325. The van der Waals surface area contributed by atoms with Crippen LogP contribution in [0.15, 0.2) is 16.4 Å². The van der Waals surface area contributed by atoms with E-state index in [0.717, 1.165) is 32.0 Å². The van der Waals surface area contributed by atoms with Crippen LogP contribution in [0, 0.1) is 5.92 Å². The average molecular weight is 212 g/mol. The SMILES string of the molecule is O=c1sccn1CCC1CCCNC1. The number of rotatable bonds is 3. The van der Waals surface area contributed by atoms with E-state index in [2.05, 4.69) is 5.32 Å². The van der Waals surface area contributed by atoms with E-state index in [1.807, 2.05) is 16.1 Å². The fourth-order valence-corrected chi connectivity index (χ4v) is 2.56. The number of piperidine rings is 1. The largest absolute Gasteiger partial charge is 0.316 e. The van der Waals surface area contributed by atoms with Crippen molar-refractivity contribution in [2.24, 2.45) is 5.92 Å². The Balaban J connectivity index is 1.82. The fourth-order valence-electron chi connectivity index (χ4n) is 1.95. The molecule has 0 amide bonds. The maximum Gasteiger partial charge on any atom is 0.307 e. The summed E-state index contributed by atoms with van der Waals surface area (Å²) < 4.78 is 1.82. The van der Waals surface area contributed by atoms with Gasteiger partial charge in [-0.2, -0.15) is 0 Å². The first-order valence-electron chi connectivity index (χ1n) is 5.21. The van der Waals surface area contributed by atoms with Crippen molar-refractivity contribution < 1.29 is 0 Å². The van der Waals surface area contributed by atoms with E-state index in [1.165, 1.54) is 24.2 Å². The van der Waals surface area contributed by atoms with E-state index >= 15 is 0 Å². The first-order valence-corrected chi connectivity index (χ1v) is 6.09. The number of nitrogens with zero attached hydrogens (tertiary/aromatic N) is 1. The molecule has 1 aromatic rings. The lowest BCUT2D eigenvalue weighted by molar-refractivity contribution is 0.341. The van der Waals surface area contributed by atoms with Gasteiger partial charge in [-0.25, -0.2) is 0 Å².